The van der Waals surface area contributed by atoms with Crippen molar-refractivity contribution < 1.29 is 27.8 Å². The molecule has 2 aromatic rings. The van der Waals surface area contributed by atoms with E-state index >= 15 is 0 Å². The lowest BCUT2D eigenvalue weighted by Crippen LogP contribution is -1.98. The molecule has 1 aromatic carbocycles. The summed E-state index contributed by atoms with van der Waals surface area (Å²) in [6.45, 7) is -0.208. The van der Waals surface area contributed by atoms with Crippen molar-refractivity contribution in [3.8, 4) is 5.75 Å². The maximum Gasteiger partial charge on any atom is 0.371 e. The second-order valence-electron chi connectivity index (χ2n) is 3.56. The number of carboxylic acids is 1. The third-order valence-electron chi connectivity index (χ3n) is 2.20. The van der Waals surface area contributed by atoms with Gasteiger partial charge in [0.05, 0.1) is 0 Å². The molecule has 100 valence electrons. The second kappa shape index (κ2) is 5.40. The molecule has 19 heavy (non-hydrogen) atoms. The van der Waals surface area contributed by atoms with Crippen molar-refractivity contribution in [1.82, 2.24) is 0 Å². The van der Waals surface area contributed by atoms with Crippen LogP contribution in [0.15, 0.2) is 33.2 Å². The van der Waals surface area contributed by atoms with E-state index in [0.29, 0.717) is 4.47 Å². The van der Waals surface area contributed by atoms with Crippen molar-refractivity contribution in [3.05, 3.63) is 51.9 Å². The van der Waals surface area contributed by atoms with Gasteiger partial charge in [-0.2, -0.15) is 4.39 Å². The Morgan fingerprint density at radius 3 is 2.74 bits per heavy atom. The lowest BCUT2D eigenvalue weighted by atomic mass is 10.3. The average molecular weight is 333 g/mol. The van der Waals surface area contributed by atoms with Gasteiger partial charge in [0.1, 0.15) is 12.4 Å². The van der Waals surface area contributed by atoms with Gasteiger partial charge in [0.25, 0.3) is 0 Å². The summed E-state index contributed by atoms with van der Waals surface area (Å²) in [4.78, 5) is 10.6. The van der Waals surface area contributed by atoms with E-state index in [2.05, 4.69) is 15.9 Å². The molecule has 0 bridgehead atoms. The van der Waals surface area contributed by atoms with Crippen LogP contribution in [0.3, 0.4) is 0 Å². The van der Waals surface area contributed by atoms with E-state index in [-0.39, 0.29) is 23.9 Å². The monoisotopic (exact) mass is 332 g/mol. The maximum atomic E-state index is 13.4. The zero-order valence-electron chi connectivity index (χ0n) is 9.32. The van der Waals surface area contributed by atoms with Gasteiger partial charge in [0.2, 0.25) is 11.6 Å². The topological polar surface area (TPSA) is 59.7 Å². The van der Waals surface area contributed by atoms with Crippen LogP contribution >= 0.6 is 15.9 Å². The first-order valence-corrected chi connectivity index (χ1v) is 5.86. The first-order chi connectivity index (χ1) is 8.97. The fraction of sp³-hybridized carbons (Fsp3) is 0.0833. The van der Waals surface area contributed by atoms with Crippen LogP contribution < -0.4 is 4.74 Å². The molecule has 0 unspecified atom stereocenters. The Labute approximate surface area is 114 Å². The van der Waals surface area contributed by atoms with Crippen molar-refractivity contribution in [2.24, 2.45) is 0 Å². The fourth-order valence-corrected chi connectivity index (χ4v) is 1.77. The van der Waals surface area contributed by atoms with E-state index in [1.165, 1.54) is 18.2 Å². The summed E-state index contributed by atoms with van der Waals surface area (Å²) in [5.74, 6) is -3.73. The third kappa shape index (κ3) is 3.11. The highest BCUT2D eigenvalue weighted by molar-refractivity contribution is 9.10. The van der Waals surface area contributed by atoms with Crippen molar-refractivity contribution in [3.63, 3.8) is 0 Å². The molecule has 0 radical (unpaired) electrons. The Morgan fingerprint density at radius 1 is 1.37 bits per heavy atom. The SMILES string of the molecule is O=C(O)c1ccc(COc2cc(Br)cc(F)c2F)o1. The van der Waals surface area contributed by atoms with Crippen LogP contribution in [0.2, 0.25) is 0 Å². The maximum absolute atomic E-state index is 13.4. The number of aromatic carboxylic acids is 1. The van der Waals surface area contributed by atoms with E-state index < -0.39 is 17.6 Å². The first kappa shape index (κ1) is 13.5. The van der Waals surface area contributed by atoms with Gasteiger partial charge < -0.3 is 14.3 Å². The number of carbonyl (C=O) groups is 1. The largest absolute Gasteiger partial charge is 0.482 e. The molecule has 0 saturated carbocycles. The molecule has 0 aliphatic carbocycles. The third-order valence-corrected chi connectivity index (χ3v) is 2.66. The normalized spacial score (nSPS) is 10.5. The molecule has 0 aliphatic rings. The quantitative estimate of drug-likeness (QED) is 0.869. The second-order valence-corrected chi connectivity index (χ2v) is 4.48. The number of carboxylic acid groups (broad SMARTS) is 1. The summed E-state index contributed by atoms with van der Waals surface area (Å²) in [7, 11) is 0. The molecule has 0 amide bonds. The molecule has 2 rings (SSSR count). The minimum Gasteiger partial charge on any atom is -0.482 e. The molecule has 0 saturated heterocycles. The van der Waals surface area contributed by atoms with Crippen molar-refractivity contribution in [2.75, 3.05) is 0 Å². The summed E-state index contributed by atoms with van der Waals surface area (Å²) in [6, 6.07) is 4.87. The zero-order valence-corrected chi connectivity index (χ0v) is 10.9. The van der Waals surface area contributed by atoms with Crippen LogP contribution in [-0.4, -0.2) is 11.1 Å². The smallest absolute Gasteiger partial charge is 0.371 e. The molecule has 0 aliphatic heterocycles. The minimum absolute atomic E-state index is 0.192. The van der Waals surface area contributed by atoms with E-state index in [9.17, 15) is 13.6 Å². The molecule has 7 heteroatoms. The zero-order chi connectivity index (χ0) is 14.0. The molecule has 4 nitrogen and oxygen atoms in total. The van der Waals surface area contributed by atoms with Gasteiger partial charge in [0.15, 0.2) is 11.6 Å². The fourth-order valence-electron chi connectivity index (χ4n) is 1.36. The number of hydrogen-bond donors (Lipinski definition) is 1. The van der Waals surface area contributed by atoms with Gasteiger partial charge in [0, 0.05) is 4.47 Å². The summed E-state index contributed by atoms with van der Waals surface area (Å²) in [5.41, 5.74) is 0. The van der Waals surface area contributed by atoms with E-state index in [0.717, 1.165) is 6.07 Å². The van der Waals surface area contributed by atoms with E-state index in [1.54, 1.807) is 0 Å². The number of hydrogen-bond acceptors (Lipinski definition) is 3. The molecule has 0 spiro atoms. The number of rotatable bonds is 4. The highest BCUT2D eigenvalue weighted by Gasteiger charge is 2.13. The number of halogens is 3. The van der Waals surface area contributed by atoms with Crippen molar-refractivity contribution in [1.29, 1.82) is 0 Å². The van der Waals surface area contributed by atoms with Crippen LogP contribution in [0.25, 0.3) is 0 Å². The Balaban J connectivity index is 2.12. The van der Waals surface area contributed by atoms with Gasteiger partial charge in [-0.25, -0.2) is 9.18 Å². The summed E-state index contributed by atoms with van der Waals surface area (Å²) >= 11 is 3.01. The summed E-state index contributed by atoms with van der Waals surface area (Å²) < 4.78 is 36.7. The van der Waals surface area contributed by atoms with Crippen LogP contribution in [0.1, 0.15) is 16.3 Å². The summed E-state index contributed by atoms with van der Waals surface area (Å²) in [5, 5.41) is 8.65. The predicted molar refractivity (Wildman–Crippen MR) is 64.1 cm³/mol. The molecule has 0 atom stereocenters. The van der Waals surface area contributed by atoms with Crippen molar-refractivity contribution >= 4 is 21.9 Å². The molecular weight excluding hydrogens is 326 g/mol. The highest BCUT2D eigenvalue weighted by atomic mass is 79.9. The Kier molecular flexibility index (Phi) is 3.84. The molecule has 1 N–H and O–H groups in total. The van der Waals surface area contributed by atoms with Crippen LogP contribution in [0, 0.1) is 11.6 Å². The lowest BCUT2D eigenvalue weighted by molar-refractivity contribution is 0.0658. The Morgan fingerprint density at radius 2 is 2.11 bits per heavy atom. The minimum atomic E-state index is -1.22. The molecular formula is C12H7BrF2O4. The lowest BCUT2D eigenvalue weighted by Gasteiger charge is -2.06. The standard InChI is InChI=1S/C12H7BrF2O4/c13-6-3-8(14)11(15)10(4-6)18-5-7-1-2-9(19-7)12(16)17/h1-4H,5H2,(H,16,17). The molecule has 1 heterocycles. The first-order valence-electron chi connectivity index (χ1n) is 5.06. The van der Waals surface area contributed by atoms with Gasteiger partial charge >= 0.3 is 5.97 Å². The average Bonchev–Trinajstić information content (AvgIpc) is 2.81. The highest BCUT2D eigenvalue weighted by Crippen LogP contribution is 2.26. The number of benzene rings is 1. The van der Waals surface area contributed by atoms with Gasteiger partial charge in [-0.3, -0.25) is 0 Å². The summed E-state index contributed by atoms with van der Waals surface area (Å²) in [6.07, 6.45) is 0. The molecule has 1 aromatic heterocycles. The Hall–Kier alpha value is -1.89. The molecule has 0 fully saturated rings. The van der Waals surface area contributed by atoms with Gasteiger partial charge in [-0.1, -0.05) is 15.9 Å². The van der Waals surface area contributed by atoms with Gasteiger partial charge in [-0.15, -0.1) is 0 Å². The predicted octanol–water partition coefficient (Wildman–Crippen LogP) is 3.60. The van der Waals surface area contributed by atoms with Crippen LogP contribution in [0.4, 0.5) is 8.78 Å². The van der Waals surface area contributed by atoms with Crippen molar-refractivity contribution in [2.45, 2.75) is 6.61 Å². The number of furan rings is 1. The van der Waals surface area contributed by atoms with E-state index in [1.807, 2.05) is 0 Å². The Bertz CT molecular complexity index is 624. The number of ether oxygens (including phenoxy) is 1. The van der Waals surface area contributed by atoms with Crippen LogP contribution in [0.5, 0.6) is 5.75 Å². The van der Waals surface area contributed by atoms with Gasteiger partial charge in [-0.05, 0) is 24.3 Å². The van der Waals surface area contributed by atoms with Crippen LogP contribution in [-0.2, 0) is 6.61 Å². The van der Waals surface area contributed by atoms with E-state index in [4.69, 9.17) is 14.3 Å².